The monoisotopic (exact) mass is 406 g/mol. The highest BCUT2D eigenvalue weighted by Gasteiger charge is 2.40. The predicted octanol–water partition coefficient (Wildman–Crippen LogP) is 2.56. The number of hydrogen-bond donors (Lipinski definition) is 2. The van der Waals surface area contributed by atoms with Gasteiger partial charge >= 0.3 is 0 Å². The maximum absolute atomic E-state index is 12.4. The van der Waals surface area contributed by atoms with Crippen LogP contribution in [0.5, 0.6) is 0 Å². The van der Waals surface area contributed by atoms with Gasteiger partial charge in [0.15, 0.2) is 9.84 Å². The zero-order valence-electron chi connectivity index (χ0n) is 13.9. The molecule has 2 unspecified atom stereocenters. The molecular weight excluding hydrogens is 383 g/mol. The maximum atomic E-state index is 12.4. The molecule has 2 fully saturated rings. The van der Waals surface area contributed by atoms with Gasteiger partial charge in [-0.25, -0.2) is 8.42 Å². The first-order valence-electron chi connectivity index (χ1n) is 8.38. The summed E-state index contributed by atoms with van der Waals surface area (Å²) in [5.41, 5.74) is 6.09. The fourth-order valence-electron chi connectivity index (χ4n) is 4.15. The lowest BCUT2D eigenvalue weighted by molar-refractivity contribution is -0.120. The van der Waals surface area contributed by atoms with Crippen molar-refractivity contribution >= 4 is 39.8 Å². The van der Waals surface area contributed by atoms with Crippen LogP contribution in [-0.4, -0.2) is 32.2 Å². The van der Waals surface area contributed by atoms with Gasteiger partial charge in [-0.05, 0) is 61.8 Å². The van der Waals surface area contributed by atoms with Crippen LogP contribution in [0.4, 0.5) is 0 Å². The molecule has 2 aliphatic carbocycles. The van der Waals surface area contributed by atoms with E-state index in [4.69, 9.17) is 17.3 Å². The second-order valence-corrected chi connectivity index (χ2v) is 9.41. The third-order valence-corrected chi connectivity index (χ3v) is 7.08. The maximum Gasteiger partial charge on any atom is 0.235 e. The highest BCUT2D eigenvalue weighted by atomic mass is 35.5. The Morgan fingerprint density at radius 1 is 1.16 bits per heavy atom. The van der Waals surface area contributed by atoms with Gasteiger partial charge in [-0.2, -0.15) is 0 Å². The third-order valence-electron chi connectivity index (χ3n) is 5.20. The van der Waals surface area contributed by atoms with Gasteiger partial charge in [0.2, 0.25) is 5.91 Å². The Bertz CT molecular complexity index is 695. The van der Waals surface area contributed by atoms with Gasteiger partial charge in [0, 0.05) is 17.1 Å². The Labute approximate surface area is 160 Å². The average Bonchev–Trinajstić information content (AvgIpc) is 2.48. The number of nitrogens with two attached hydrogens (primary N) is 1. The summed E-state index contributed by atoms with van der Waals surface area (Å²) in [5, 5.41) is 3.44. The number of carbonyl (C=O) groups is 1. The molecule has 3 rings (SSSR count). The van der Waals surface area contributed by atoms with E-state index in [2.05, 4.69) is 5.32 Å². The van der Waals surface area contributed by atoms with Crippen molar-refractivity contribution in [3.63, 3.8) is 0 Å². The first-order valence-corrected chi connectivity index (χ1v) is 10.4. The number of rotatable bonds is 4. The van der Waals surface area contributed by atoms with E-state index in [1.807, 2.05) is 0 Å². The number of carbonyl (C=O) groups excluding carboxylic acids is 1. The highest BCUT2D eigenvalue weighted by molar-refractivity contribution is 7.92. The molecule has 0 aromatic heterocycles. The van der Waals surface area contributed by atoms with Crippen molar-refractivity contribution in [1.29, 1.82) is 0 Å². The lowest BCUT2D eigenvalue weighted by atomic mass is 9.67. The molecule has 0 aliphatic heterocycles. The molecule has 0 spiro atoms. The molecule has 140 valence electrons. The summed E-state index contributed by atoms with van der Waals surface area (Å²) in [4.78, 5) is 12.5. The van der Waals surface area contributed by atoms with Crippen LogP contribution in [0.2, 0.25) is 5.02 Å². The van der Waals surface area contributed by atoms with E-state index in [0.717, 1.165) is 32.1 Å². The summed E-state index contributed by atoms with van der Waals surface area (Å²) in [6.07, 6.45) is 5.09. The van der Waals surface area contributed by atoms with Crippen LogP contribution in [0.3, 0.4) is 0 Å². The fourth-order valence-corrected chi connectivity index (χ4v) is 5.42. The molecule has 2 aliphatic rings. The van der Waals surface area contributed by atoms with Gasteiger partial charge in [-0.3, -0.25) is 4.79 Å². The van der Waals surface area contributed by atoms with Gasteiger partial charge in [-0.15, -0.1) is 12.4 Å². The second kappa shape index (κ2) is 8.25. The third kappa shape index (κ3) is 4.88. The minimum Gasteiger partial charge on any atom is -0.352 e. The van der Waals surface area contributed by atoms with Crippen LogP contribution in [0, 0.1) is 11.8 Å². The quantitative estimate of drug-likeness (QED) is 0.803. The Kier molecular flexibility index (Phi) is 6.76. The molecule has 1 aromatic rings. The normalized spacial score (nSPS) is 28.7. The summed E-state index contributed by atoms with van der Waals surface area (Å²) in [6.45, 7) is 0. The van der Waals surface area contributed by atoms with Crippen molar-refractivity contribution in [3.05, 3.63) is 29.3 Å². The second-order valence-electron chi connectivity index (χ2n) is 6.99. The van der Waals surface area contributed by atoms with E-state index in [1.54, 1.807) is 0 Å². The SMILES string of the molecule is Cl.NC1CC2CCCC(C1)C2NC(=O)CS(=O)(=O)c1ccc(Cl)cc1. The molecule has 5 nitrogen and oxygen atoms in total. The predicted molar refractivity (Wildman–Crippen MR) is 101 cm³/mol. The molecular formula is C17H24Cl2N2O3S. The van der Waals surface area contributed by atoms with E-state index in [0.29, 0.717) is 16.9 Å². The number of sulfone groups is 1. The van der Waals surface area contributed by atoms with Gasteiger partial charge in [0.05, 0.1) is 4.90 Å². The average molecular weight is 407 g/mol. The highest BCUT2D eigenvalue weighted by Crippen LogP contribution is 2.39. The standard InChI is InChI=1S/C17H23ClN2O3S.ClH/c18-13-4-6-15(7-5-13)24(22,23)10-16(21)20-17-11-2-1-3-12(17)9-14(19)8-11;/h4-7,11-12,14,17H,1-3,8-10,19H2,(H,20,21);1H. The molecule has 1 amide bonds. The summed E-state index contributed by atoms with van der Waals surface area (Å²) in [6, 6.07) is 6.15. The zero-order chi connectivity index (χ0) is 17.3. The zero-order valence-corrected chi connectivity index (χ0v) is 16.2. The minimum atomic E-state index is -3.66. The smallest absolute Gasteiger partial charge is 0.235 e. The first kappa shape index (κ1) is 20.5. The van der Waals surface area contributed by atoms with Crippen LogP contribution >= 0.6 is 24.0 Å². The first-order chi connectivity index (χ1) is 11.3. The largest absolute Gasteiger partial charge is 0.352 e. The number of nitrogens with one attached hydrogen (secondary N) is 1. The molecule has 25 heavy (non-hydrogen) atoms. The van der Waals surface area contributed by atoms with Gasteiger partial charge in [0.1, 0.15) is 5.75 Å². The van der Waals surface area contributed by atoms with Crippen molar-refractivity contribution < 1.29 is 13.2 Å². The molecule has 2 atom stereocenters. The number of hydrogen-bond acceptors (Lipinski definition) is 4. The number of halogens is 2. The van der Waals surface area contributed by atoms with E-state index >= 15 is 0 Å². The summed E-state index contributed by atoms with van der Waals surface area (Å²) < 4.78 is 24.7. The van der Waals surface area contributed by atoms with Crippen molar-refractivity contribution in [2.75, 3.05) is 5.75 Å². The van der Waals surface area contributed by atoms with Crippen LogP contribution in [0.25, 0.3) is 0 Å². The molecule has 3 N–H and O–H groups in total. The van der Waals surface area contributed by atoms with Crippen molar-refractivity contribution in [3.8, 4) is 0 Å². The van der Waals surface area contributed by atoms with Crippen molar-refractivity contribution in [2.24, 2.45) is 17.6 Å². The molecule has 2 bridgehead atoms. The fraction of sp³-hybridized carbons (Fsp3) is 0.588. The molecule has 8 heteroatoms. The Balaban J connectivity index is 0.00000225. The van der Waals surface area contributed by atoms with Crippen LogP contribution in [-0.2, 0) is 14.6 Å². The van der Waals surface area contributed by atoms with E-state index < -0.39 is 21.5 Å². The van der Waals surface area contributed by atoms with Gasteiger partial charge in [-0.1, -0.05) is 18.0 Å². The van der Waals surface area contributed by atoms with Gasteiger partial charge in [0.25, 0.3) is 0 Å². The van der Waals surface area contributed by atoms with Crippen molar-refractivity contribution in [2.45, 2.75) is 49.1 Å². The molecule has 0 saturated heterocycles. The van der Waals surface area contributed by atoms with Crippen molar-refractivity contribution in [1.82, 2.24) is 5.32 Å². The number of benzene rings is 1. The minimum absolute atomic E-state index is 0. The topological polar surface area (TPSA) is 89.3 Å². The molecule has 1 aromatic carbocycles. The lowest BCUT2D eigenvalue weighted by Gasteiger charge is -2.45. The summed E-state index contributed by atoms with van der Waals surface area (Å²) in [5.74, 6) is -0.219. The molecule has 0 heterocycles. The lowest BCUT2D eigenvalue weighted by Crippen LogP contribution is -2.54. The van der Waals surface area contributed by atoms with E-state index in [1.165, 1.54) is 24.3 Å². The molecule has 0 radical (unpaired) electrons. The van der Waals surface area contributed by atoms with Crippen LogP contribution in [0.15, 0.2) is 29.2 Å². The van der Waals surface area contributed by atoms with E-state index in [9.17, 15) is 13.2 Å². The van der Waals surface area contributed by atoms with Crippen LogP contribution < -0.4 is 11.1 Å². The van der Waals surface area contributed by atoms with Crippen LogP contribution in [0.1, 0.15) is 32.1 Å². The Morgan fingerprint density at radius 2 is 1.72 bits per heavy atom. The molecule has 2 saturated carbocycles. The number of fused-ring (bicyclic) bond motifs is 2. The van der Waals surface area contributed by atoms with E-state index in [-0.39, 0.29) is 29.4 Å². The Morgan fingerprint density at radius 3 is 2.28 bits per heavy atom. The van der Waals surface area contributed by atoms with Gasteiger partial charge < -0.3 is 11.1 Å². The summed E-state index contributed by atoms with van der Waals surface area (Å²) >= 11 is 5.78. The summed E-state index contributed by atoms with van der Waals surface area (Å²) in [7, 11) is -3.66. The number of amides is 1. The Hall–Kier alpha value is -0.820.